The lowest BCUT2D eigenvalue weighted by Gasteiger charge is -2.05. The first-order valence-corrected chi connectivity index (χ1v) is 8.19. The lowest BCUT2D eigenvalue weighted by atomic mass is 10.3. The minimum absolute atomic E-state index is 0.0182. The molecule has 1 aliphatic heterocycles. The molecule has 2 atom stereocenters. The van der Waals surface area contributed by atoms with E-state index in [0.717, 1.165) is 0 Å². The summed E-state index contributed by atoms with van der Waals surface area (Å²) < 4.78 is 8.48. The monoisotopic (exact) mass is 367 g/mol. The molecule has 1 saturated heterocycles. The van der Waals surface area contributed by atoms with Gasteiger partial charge in [0.25, 0.3) is 5.91 Å². The zero-order valence-corrected chi connectivity index (χ0v) is 14.6. The Balaban J connectivity index is 1.64. The highest BCUT2D eigenvalue weighted by Crippen LogP contribution is 2.34. The van der Waals surface area contributed by atoms with E-state index in [2.05, 4.69) is 30.4 Å². The molecule has 11 nitrogen and oxygen atoms in total. The number of nitrogens with two attached hydrogens (primary N) is 1. The van der Waals surface area contributed by atoms with Crippen LogP contribution in [0.2, 0.25) is 0 Å². The van der Waals surface area contributed by atoms with Crippen LogP contribution in [-0.4, -0.2) is 47.6 Å². The van der Waals surface area contributed by atoms with E-state index in [-0.39, 0.29) is 24.0 Å². The molecular formula is C16H17N9O2. The van der Waals surface area contributed by atoms with Crippen LogP contribution in [0, 0.1) is 6.92 Å². The van der Waals surface area contributed by atoms with Gasteiger partial charge in [0.1, 0.15) is 11.8 Å². The summed E-state index contributed by atoms with van der Waals surface area (Å²) in [6.07, 6.45) is 8.78. The summed E-state index contributed by atoms with van der Waals surface area (Å²) in [7, 11) is 0. The Morgan fingerprint density at radius 1 is 1.44 bits per heavy atom. The van der Waals surface area contributed by atoms with Crippen molar-refractivity contribution in [2.45, 2.75) is 26.3 Å². The fraction of sp³-hybridized carbons (Fsp3) is 0.250. The first-order chi connectivity index (χ1) is 13.1. The Kier molecular flexibility index (Phi) is 4.12. The van der Waals surface area contributed by atoms with Gasteiger partial charge in [-0.3, -0.25) is 14.4 Å². The minimum Gasteiger partial charge on any atom is -0.382 e. The number of carbonyl (C=O) groups is 1. The number of aryl methyl sites for hydroxylation is 1. The number of carbonyl (C=O) groups excluding carboxylic acids is 1. The Labute approximate surface area is 153 Å². The second-order valence-electron chi connectivity index (χ2n) is 5.77. The standard InChI is InChI=1S/C16H17N9O2/c1-3-18-4-5-20-14-16(27-14)25-13-10(9(2)23-25)21-11(12(17)22-13)15(26)24-7-6-19-8-24/h3-8,14,16,20H,1-2H3,(H2,17,22)/b5-4-,18-3?. The quantitative estimate of drug-likeness (QED) is 0.493. The Hall–Kier alpha value is -3.60. The molecule has 3 aromatic heterocycles. The average Bonchev–Trinajstić information content (AvgIpc) is 3.07. The van der Waals surface area contributed by atoms with Crippen LogP contribution in [0.3, 0.4) is 0 Å². The molecule has 4 rings (SSSR count). The van der Waals surface area contributed by atoms with Crippen LogP contribution in [0.4, 0.5) is 5.82 Å². The molecule has 1 aliphatic rings. The Bertz CT molecular complexity index is 1050. The lowest BCUT2D eigenvalue weighted by molar-refractivity contribution is 0.0956. The van der Waals surface area contributed by atoms with Crippen LogP contribution in [0.5, 0.6) is 0 Å². The summed E-state index contributed by atoms with van der Waals surface area (Å²) in [5, 5.41) is 7.49. The number of aliphatic imine (C=N–C) groups is 1. The van der Waals surface area contributed by atoms with Crippen molar-refractivity contribution in [2.24, 2.45) is 4.99 Å². The van der Waals surface area contributed by atoms with Gasteiger partial charge >= 0.3 is 0 Å². The van der Waals surface area contributed by atoms with Crippen LogP contribution < -0.4 is 11.1 Å². The van der Waals surface area contributed by atoms with E-state index in [4.69, 9.17) is 10.5 Å². The fourth-order valence-corrected chi connectivity index (χ4v) is 2.61. The molecule has 3 N–H and O–H groups in total. The minimum atomic E-state index is -0.407. The van der Waals surface area contributed by atoms with Crippen LogP contribution in [0.1, 0.15) is 29.3 Å². The molecule has 138 valence electrons. The number of hydrogen-bond acceptors (Lipinski definition) is 9. The largest absolute Gasteiger partial charge is 0.382 e. The van der Waals surface area contributed by atoms with E-state index in [9.17, 15) is 4.79 Å². The predicted octanol–water partition coefficient (Wildman–Crippen LogP) is 0.608. The van der Waals surface area contributed by atoms with Crippen molar-refractivity contribution in [1.29, 1.82) is 0 Å². The molecule has 0 spiro atoms. The number of ether oxygens (including phenoxy) is 1. The molecular weight excluding hydrogens is 350 g/mol. The molecule has 0 amide bonds. The topological polar surface area (TPSA) is 141 Å². The Morgan fingerprint density at radius 2 is 2.30 bits per heavy atom. The van der Waals surface area contributed by atoms with Crippen LogP contribution in [-0.2, 0) is 4.74 Å². The third-order valence-electron chi connectivity index (χ3n) is 3.94. The molecule has 27 heavy (non-hydrogen) atoms. The van der Waals surface area contributed by atoms with Gasteiger partial charge in [0.15, 0.2) is 29.6 Å². The van der Waals surface area contributed by atoms with Gasteiger partial charge in [0.05, 0.1) is 5.69 Å². The van der Waals surface area contributed by atoms with Crippen LogP contribution in [0.15, 0.2) is 36.1 Å². The highest BCUT2D eigenvalue weighted by Gasteiger charge is 2.42. The van der Waals surface area contributed by atoms with Crippen molar-refractivity contribution in [2.75, 3.05) is 5.73 Å². The van der Waals surface area contributed by atoms with Crippen molar-refractivity contribution < 1.29 is 9.53 Å². The van der Waals surface area contributed by atoms with E-state index in [1.54, 1.807) is 30.2 Å². The molecule has 0 bridgehead atoms. The number of nitrogens with one attached hydrogen (secondary N) is 1. The van der Waals surface area contributed by atoms with Gasteiger partial charge < -0.3 is 15.8 Å². The second-order valence-corrected chi connectivity index (χ2v) is 5.77. The van der Waals surface area contributed by atoms with E-state index in [1.807, 2.05) is 6.92 Å². The molecule has 0 saturated carbocycles. The van der Waals surface area contributed by atoms with E-state index >= 15 is 0 Å². The highest BCUT2D eigenvalue weighted by atomic mass is 16.6. The van der Waals surface area contributed by atoms with Crippen molar-refractivity contribution in [3.63, 3.8) is 0 Å². The van der Waals surface area contributed by atoms with Gasteiger partial charge in [-0.25, -0.2) is 19.6 Å². The van der Waals surface area contributed by atoms with Crippen LogP contribution >= 0.6 is 0 Å². The number of imidazole rings is 1. The summed E-state index contributed by atoms with van der Waals surface area (Å²) in [5.41, 5.74) is 7.61. The van der Waals surface area contributed by atoms with E-state index in [1.165, 1.54) is 23.3 Å². The number of nitrogens with zero attached hydrogens (tertiary/aromatic N) is 7. The maximum absolute atomic E-state index is 12.5. The number of fused-ring (bicyclic) bond motifs is 1. The number of hydrogen-bond donors (Lipinski definition) is 2. The summed E-state index contributed by atoms with van der Waals surface area (Å²) >= 11 is 0. The zero-order valence-electron chi connectivity index (χ0n) is 14.6. The van der Waals surface area contributed by atoms with Crippen molar-refractivity contribution >= 4 is 29.1 Å². The molecule has 0 aromatic carbocycles. The molecule has 2 unspecified atom stereocenters. The summed E-state index contributed by atoms with van der Waals surface area (Å²) in [6, 6.07) is 0. The molecule has 11 heteroatoms. The third kappa shape index (κ3) is 3.04. The predicted molar refractivity (Wildman–Crippen MR) is 96.8 cm³/mol. The molecule has 3 aromatic rings. The van der Waals surface area contributed by atoms with Gasteiger partial charge in [-0.2, -0.15) is 5.10 Å². The van der Waals surface area contributed by atoms with Crippen LogP contribution in [0.25, 0.3) is 11.2 Å². The van der Waals surface area contributed by atoms with Crippen molar-refractivity contribution in [3.05, 3.63) is 42.5 Å². The molecule has 0 radical (unpaired) electrons. The highest BCUT2D eigenvalue weighted by molar-refractivity contribution is 5.99. The maximum atomic E-state index is 12.5. The molecule has 1 fully saturated rings. The summed E-state index contributed by atoms with van der Waals surface area (Å²) in [4.78, 5) is 29.1. The van der Waals surface area contributed by atoms with Crippen molar-refractivity contribution in [1.82, 2.24) is 34.6 Å². The van der Waals surface area contributed by atoms with Gasteiger partial charge in [0.2, 0.25) is 0 Å². The summed E-state index contributed by atoms with van der Waals surface area (Å²) in [5.74, 6) is -0.389. The number of rotatable bonds is 5. The number of aromatic nitrogens is 6. The van der Waals surface area contributed by atoms with Gasteiger partial charge in [-0.1, -0.05) is 0 Å². The smallest absolute Gasteiger partial charge is 0.285 e. The summed E-state index contributed by atoms with van der Waals surface area (Å²) in [6.45, 7) is 3.62. The van der Waals surface area contributed by atoms with E-state index in [0.29, 0.717) is 16.9 Å². The Morgan fingerprint density at radius 3 is 3.04 bits per heavy atom. The first-order valence-electron chi connectivity index (χ1n) is 8.19. The number of anilines is 1. The van der Waals surface area contributed by atoms with Gasteiger partial charge in [0, 0.05) is 31.0 Å². The SMILES string of the molecule is CC=N/C=C\NC1OC1n1nc(C)c2nc(C(=O)n3ccnc3)c(N)nc21. The first kappa shape index (κ1) is 16.8. The van der Waals surface area contributed by atoms with E-state index < -0.39 is 5.91 Å². The number of epoxide rings is 1. The third-order valence-corrected chi connectivity index (χ3v) is 3.94. The lowest BCUT2D eigenvalue weighted by Crippen LogP contribution is -2.16. The normalized spacial score (nSPS) is 19.3. The number of nitrogen functional groups attached to an aromatic ring is 1. The maximum Gasteiger partial charge on any atom is 0.285 e. The zero-order chi connectivity index (χ0) is 19.0. The molecule has 4 heterocycles. The molecule has 0 aliphatic carbocycles. The van der Waals surface area contributed by atoms with Gasteiger partial charge in [-0.05, 0) is 13.8 Å². The average molecular weight is 367 g/mol. The van der Waals surface area contributed by atoms with Gasteiger partial charge in [-0.15, -0.1) is 0 Å². The van der Waals surface area contributed by atoms with Crippen molar-refractivity contribution in [3.8, 4) is 0 Å². The second kappa shape index (κ2) is 6.61. The fourth-order valence-electron chi connectivity index (χ4n) is 2.61.